The Kier molecular flexibility index (Phi) is 2.40. The summed E-state index contributed by atoms with van der Waals surface area (Å²) in [5.41, 5.74) is -1.78. The van der Waals surface area contributed by atoms with Crippen molar-refractivity contribution >= 4 is 16.8 Å². The highest BCUT2D eigenvalue weighted by Gasteiger charge is 2.26. The predicted molar refractivity (Wildman–Crippen MR) is 28.6 cm³/mol. The van der Waals surface area contributed by atoms with Gasteiger partial charge < -0.3 is 10.2 Å². The van der Waals surface area contributed by atoms with Crippen LogP contribution in [0.4, 0.5) is 0 Å². The second kappa shape index (κ2) is 2.44. The predicted octanol–water partition coefficient (Wildman–Crippen LogP) is -0.505. The van der Waals surface area contributed by atoms with Crippen molar-refractivity contribution < 1.29 is 15.0 Å². The second-order valence-corrected chi connectivity index (χ2v) is 2.05. The maximum absolute atomic E-state index is 10.1. The van der Waals surface area contributed by atoms with Gasteiger partial charge in [-0.05, 0) is 18.5 Å². The van der Waals surface area contributed by atoms with Gasteiger partial charge in [0, 0.05) is 0 Å². The highest BCUT2D eigenvalue weighted by molar-refractivity contribution is 6.65. The molecule has 0 amide bonds. The Balaban J connectivity index is 3.91. The van der Waals surface area contributed by atoms with E-state index in [0.29, 0.717) is 0 Å². The van der Waals surface area contributed by atoms with Crippen molar-refractivity contribution in [1.29, 1.82) is 0 Å². The monoisotopic (exact) mass is 138 g/mol. The fourth-order valence-electron chi connectivity index (χ4n) is 0.0622. The second-order valence-electron chi connectivity index (χ2n) is 1.71. The maximum Gasteiger partial charge on any atom is 0.255 e. The molecule has 0 saturated heterocycles. The van der Waals surface area contributed by atoms with Crippen LogP contribution < -0.4 is 0 Å². The van der Waals surface area contributed by atoms with Crippen molar-refractivity contribution in [3.05, 3.63) is 0 Å². The molecule has 1 unspecified atom stereocenters. The molecular formula is C4H7ClO3. The Labute approximate surface area is 51.9 Å². The van der Waals surface area contributed by atoms with E-state index in [4.69, 9.17) is 21.8 Å². The Bertz CT molecular complexity index is 99.5. The van der Waals surface area contributed by atoms with Crippen LogP contribution in [0.3, 0.4) is 0 Å². The van der Waals surface area contributed by atoms with Gasteiger partial charge in [-0.25, -0.2) is 0 Å². The molecule has 0 aromatic heterocycles. The molecule has 0 saturated carbocycles. The van der Waals surface area contributed by atoms with Crippen LogP contribution in [0.2, 0.25) is 0 Å². The lowest BCUT2D eigenvalue weighted by atomic mass is 10.1. The van der Waals surface area contributed by atoms with Gasteiger partial charge in [-0.1, -0.05) is 0 Å². The lowest BCUT2D eigenvalue weighted by molar-refractivity contribution is -0.130. The molecule has 4 heteroatoms. The third-order valence-electron chi connectivity index (χ3n) is 0.731. The molecule has 8 heavy (non-hydrogen) atoms. The Morgan fingerprint density at radius 3 is 2.25 bits per heavy atom. The largest absolute Gasteiger partial charge is 0.393 e. The molecule has 3 nitrogen and oxygen atoms in total. The van der Waals surface area contributed by atoms with Crippen molar-refractivity contribution in [1.82, 2.24) is 0 Å². The van der Waals surface area contributed by atoms with Crippen LogP contribution in [-0.4, -0.2) is 27.7 Å². The lowest BCUT2D eigenvalue weighted by Gasteiger charge is -2.12. The number of aliphatic hydroxyl groups is 2. The summed E-state index contributed by atoms with van der Waals surface area (Å²) >= 11 is 4.82. The van der Waals surface area contributed by atoms with Crippen LogP contribution >= 0.6 is 11.6 Å². The van der Waals surface area contributed by atoms with Crippen LogP contribution in [-0.2, 0) is 4.79 Å². The summed E-state index contributed by atoms with van der Waals surface area (Å²) in [5, 5.41) is 15.9. The number of aliphatic hydroxyl groups excluding tert-OH is 1. The zero-order valence-electron chi connectivity index (χ0n) is 4.39. The summed E-state index contributed by atoms with van der Waals surface area (Å²) in [6.45, 7) is 0.498. The molecule has 48 valence electrons. The number of rotatable bonds is 2. The van der Waals surface area contributed by atoms with E-state index in [1.807, 2.05) is 0 Å². The highest BCUT2D eigenvalue weighted by atomic mass is 35.5. The lowest BCUT2D eigenvalue weighted by Crippen LogP contribution is -2.35. The molecule has 0 aliphatic rings. The third-order valence-corrected chi connectivity index (χ3v) is 1.14. The Morgan fingerprint density at radius 2 is 2.25 bits per heavy atom. The molecule has 0 aliphatic heterocycles. The summed E-state index contributed by atoms with van der Waals surface area (Å²) in [4.78, 5) is 10.1. The first-order chi connectivity index (χ1) is 3.50. The molecule has 0 radical (unpaired) electrons. The van der Waals surface area contributed by atoms with Gasteiger partial charge in [0.25, 0.3) is 5.24 Å². The standard InChI is InChI=1S/C4H7ClO3/c1-4(8,2-6)3(5)7/h6,8H,2H2,1H3. The smallest absolute Gasteiger partial charge is 0.255 e. The van der Waals surface area contributed by atoms with Gasteiger partial charge in [0.15, 0.2) is 5.60 Å². The van der Waals surface area contributed by atoms with Crippen molar-refractivity contribution in [2.75, 3.05) is 6.61 Å². The minimum absolute atomic E-state index is 0.644. The molecule has 0 heterocycles. The van der Waals surface area contributed by atoms with Crippen LogP contribution in [0.1, 0.15) is 6.92 Å². The average molecular weight is 139 g/mol. The molecule has 1 atom stereocenters. The first kappa shape index (κ1) is 7.88. The van der Waals surface area contributed by atoms with Crippen molar-refractivity contribution in [3.63, 3.8) is 0 Å². The first-order valence-corrected chi connectivity index (χ1v) is 2.41. The molecule has 2 N–H and O–H groups in total. The maximum atomic E-state index is 10.1. The highest BCUT2D eigenvalue weighted by Crippen LogP contribution is 2.04. The fourth-order valence-corrected chi connectivity index (χ4v) is 0.122. The zero-order valence-corrected chi connectivity index (χ0v) is 5.14. The van der Waals surface area contributed by atoms with Gasteiger partial charge in [-0.15, -0.1) is 0 Å². The van der Waals surface area contributed by atoms with Crippen LogP contribution in [0.25, 0.3) is 0 Å². The summed E-state index contributed by atoms with van der Waals surface area (Å²) in [5.74, 6) is 0. The van der Waals surface area contributed by atoms with Crippen molar-refractivity contribution in [2.45, 2.75) is 12.5 Å². The molecule has 0 aromatic rings. The molecule has 0 aliphatic carbocycles. The van der Waals surface area contributed by atoms with Crippen molar-refractivity contribution in [2.24, 2.45) is 0 Å². The first-order valence-electron chi connectivity index (χ1n) is 2.04. The number of carbonyl (C=O) groups excluding carboxylic acids is 1. The van der Waals surface area contributed by atoms with Gasteiger partial charge in [-0.2, -0.15) is 0 Å². The number of halogens is 1. The molecular weight excluding hydrogens is 131 g/mol. The van der Waals surface area contributed by atoms with Gasteiger partial charge in [0.2, 0.25) is 0 Å². The number of hydrogen-bond donors (Lipinski definition) is 2. The third kappa shape index (κ3) is 1.78. The SMILES string of the molecule is CC(O)(CO)C(=O)Cl. The number of carbonyl (C=O) groups is 1. The van der Waals surface area contributed by atoms with Gasteiger partial charge >= 0.3 is 0 Å². The molecule has 0 fully saturated rings. The van der Waals surface area contributed by atoms with Crippen molar-refractivity contribution in [3.8, 4) is 0 Å². The molecule has 0 rings (SSSR count). The normalized spacial score (nSPS) is 17.5. The van der Waals surface area contributed by atoms with E-state index in [9.17, 15) is 4.79 Å². The van der Waals surface area contributed by atoms with Crippen LogP contribution in [0.15, 0.2) is 0 Å². The molecule has 0 aromatic carbocycles. The Morgan fingerprint density at radius 1 is 1.88 bits per heavy atom. The van der Waals surface area contributed by atoms with E-state index in [1.165, 1.54) is 0 Å². The molecule has 0 spiro atoms. The van der Waals surface area contributed by atoms with Gasteiger partial charge in [0.05, 0.1) is 6.61 Å². The fraction of sp³-hybridized carbons (Fsp3) is 0.750. The van der Waals surface area contributed by atoms with E-state index in [1.54, 1.807) is 0 Å². The zero-order chi connectivity index (χ0) is 6.78. The van der Waals surface area contributed by atoms with Gasteiger partial charge in [0.1, 0.15) is 0 Å². The Hall–Kier alpha value is -0.120. The summed E-state index contributed by atoms with van der Waals surface area (Å²) in [6.07, 6.45) is 0. The van der Waals surface area contributed by atoms with E-state index < -0.39 is 17.5 Å². The summed E-state index contributed by atoms with van der Waals surface area (Å²) in [7, 11) is 0. The minimum Gasteiger partial charge on any atom is -0.393 e. The summed E-state index contributed by atoms with van der Waals surface area (Å²) in [6, 6.07) is 0. The van der Waals surface area contributed by atoms with Crippen LogP contribution in [0.5, 0.6) is 0 Å². The van der Waals surface area contributed by atoms with E-state index in [2.05, 4.69) is 0 Å². The summed E-state index contributed by atoms with van der Waals surface area (Å²) < 4.78 is 0. The van der Waals surface area contributed by atoms with Crippen LogP contribution in [0, 0.1) is 0 Å². The van der Waals surface area contributed by atoms with E-state index >= 15 is 0 Å². The minimum atomic E-state index is -1.78. The van der Waals surface area contributed by atoms with E-state index in [0.717, 1.165) is 6.92 Å². The topological polar surface area (TPSA) is 57.5 Å². The molecule has 0 bridgehead atoms. The van der Waals surface area contributed by atoms with E-state index in [-0.39, 0.29) is 0 Å². The van der Waals surface area contributed by atoms with Gasteiger partial charge in [-0.3, -0.25) is 4.79 Å². The quantitative estimate of drug-likeness (QED) is 0.506. The number of hydrogen-bond acceptors (Lipinski definition) is 3. The average Bonchev–Trinajstić information content (AvgIpc) is 1.67.